The van der Waals surface area contributed by atoms with Crippen LogP contribution in [0.1, 0.15) is 36.7 Å². The second kappa shape index (κ2) is 6.31. The van der Waals surface area contributed by atoms with E-state index in [-0.39, 0.29) is 0 Å². The SMILES string of the molecule is CCc1cc(COc2cccc(CNC3CC3)c2)n(C)n1. The Kier molecular flexibility index (Phi) is 4.25. The highest BCUT2D eigenvalue weighted by atomic mass is 16.5. The van der Waals surface area contributed by atoms with Gasteiger partial charge in [-0.1, -0.05) is 19.1 Å². The zero-order valence-electron chi connectivity index (χ0n) is 12.8. The molecule has 0 aliphatic heterocycles. The van der Waals surface area contributed by atoms with E-state index in [0.717, 1.165) is 36.1 Å². The minimum Gasteiger partial charge on any atom is -0.487 e. The summed E-state index contributed by atoms with van der Waals surface area (Å²) in [6.45, 7) is 3.60. The molecular formula is C17H23N3O. The summed E-state index contributed by atoms with van der Waals surface area (Å²) in [5.41, 5.74) is 3.49. The summed E-state index contributed by atoms with van der Waals surface area (Å²) in [4.78, 5) is 0. The molecule has 1 saturated carbocycles. The average molecular weight is 285 g/mol. The van der Waals surface area contributed by atoms with E-state index in [2.05, 4.69) is 41.6 Å². The molecule has 1 aromatic heterocycles. The van der Waals surface area contributed by atoms with Crippen LogP contribution in [0.5, 0.6) is 5.75 Å². The van der Waals surface area contributed by atoms with Crippen molar-refractivity contribution in [2.24, 2.45) is 7.05 Å². The van der Waals surface area contributed by atoms with Crippen LogP contribution in [0.15, 0.2) is 30.3 Å². The number of nitrogens with one attached hydrogen (secondary N) is 1. The molecule has 3 rings (SSSR count). The van der Waals surface area contributed by atoms with E-state index in [4.69, 9.17) is 4.74 Å². The van der Waals surface area contributed by atoms with Crippen molar-refractivity contribution in [3.63, 3.8) is 0 Å². The molecular weight excluding hydrogens is 262 g/mol. The molecule has 0 amide bonds. The smallest absolute Gasteiger partial charge is 0.130 e. The fourth-order valence-corrected chi connectivity index (χ4v) is 2.33. The molecule has 0 bridgehead atoms. The van der Waals surface area contributed by atoms with Crippen LogP contribution in [-0.2, 0) is 26.6 Å². The van der Waals surface area contributed by atoms with E-state index in [1.807, 2.05) is 17.8 Å². The maximum atomic E-state index is 5.91. The van der Waals surface area contributed by atoms with Crippen LogP contribution in [0.25, 0.3) is 0 Å². The molecule has 0 unspecified atom stereocenters. The molecule has 112 valence electrons. The van der Waals surface area contributed by atoms with Gasteiger partial charge in [0, 0.05) is 19.6 Å². The molecule has 1 aromatic carbocycles. The molecule has 0 atom stereocenters. The first kappa shape index (κ1) is 14.1. The van der Waals surface area contributed by atoms with E-state index in [0.29, 0.717) is 6.61 Å². The number of aromatic nitrogens is 2. The number of rotatable bonds is 7. The van der Waals surface area contributed by atoms with Gasteiger partial charge in [-0.3, -0.25) is 4.68 Å². The first-order valence-electron chi connectivity index (χ1n) is 7.71. The monoisotopic (exact) mass is 285 g/mol. The minimum absolute atomic E-state index is 0.559. The number of ether oxygens (including phenoxy) is 1. The quantitative estimate of drug-likeness (QED) is 0.850. The molecule has 1 N–H and O–H groups in total. The lowest BCUT2D eigenvalue weighted by Crippen LogP contribution is -2.15. The Morgan fingerprint density at radius 2 is 2.19 bits per heavy atom. The molecule has 4 heteroatoms. The lowest BCUT2D eigenvalue weighted by atomic mass is 10.2. The van der Waals surface area contributed by atoms with Gasteiger partial charge < -0.3 is 10.1 Å². The van der Waals surface area contributed by atoms with Gasteiger partial charge in [0.25, 0.3) is 0 Å². The highest BCUT2D eigenvalue weighted by molar-refractivity contribution is 5.28. The van der Waals surface area contributed by atoms with Gasteiger partial charge in [0.15, 0.2) is 0 Å². The molecule has 1 aliphatic rings. The molecule has 1 heterocycles. The summed E-state index contributed by atoms with van der Waals surface area (Å²) in [6, 6.07) is 11.2. The third-order valence-corrected chi connectivity index (χ3v) is 3.85. The van der Waals surface area contributed by atoms with Crippen LogP contribution in [0, 0.1) is 0 Å². The predicted molar refractivity (Wildman–Crippen MR) is 83.2 cm³/mol. The van der Waals surface area contributed by atoms with Gasteiger partial charge in [-0.25, -0.2) is 0 Å². The van der Waals surface area contributed by atoms with Crippen molar-refractivity contribution in [3.8, 4) is 5.75 Å². The minimum atomic E-state index is 0.559. The number of hydrogen-bond donors (Lipinski definition) is 1. The first-order valence-corrected chi connectivity index (χ1v) is 7.71. The van der Waals surface area contributed by atoms with Crippen LogP contribution in [-0.4, -0.2) is 15.8 Å². The van der Waals surface area contributed by atoms with Gasteiger partial charge in [0.2, 0.25) is 0 Å². The van der Waals surface area contributed by atoms with Crippen molar-refractivity contribution >= 4 is 0 Å². The zero-order valence-corrected chi connectivity index (χ0v) is 12.8. The second-order valence-electron chi connectivity index (χ2n) is 5.70. The largest absolute Gasteiger partial charge is 0.487 e. The van der Waals surface area contributed by atoms with Gasteiger partial charge in [-0.05, 0) is 43.0 Å². The molecule has 21 heavy (non-hydrogen) atoms. The van der Waals surface area contributed by atoms with Crippen LogP contribution < -0.4 is 10.1 Å². The molecule has 4 nitrogen and oxygen atoms in total. The van der Waals surface area contributed by atoms with Crippen LogP contribution in [0.2, 0.25) is 0 Å². The highest BCUT2D eigenvalue weighted by Crippen LogP contribution is 2.20. The molecule has 0 spiro atoms. The second-order valence-corrected chi connectivity index (χ2v) is 5.70. The van der Waals surface area contributed by atoms with Gasteiger partial charge in [0.1, 0.15) is 12.4 Å². The standard InChI is InChI=1S/C17H23N3O/c1-3-14-10-16(20(2)19-14)12-21-17-6-4-5-13(9-17)11-18-15-7-8-15/h4-6,9-10,15,18H,3,7-8,11-12H2,1-2H3. The number of aryl methyl sites for hydroxylation is 2. The summed E-state index contributed by atoms with van der Waals surface area (Å²) in [7, 11) is 1.97. The number of hydrogen-bond acceptors (Lipinski definition) is 3. The van der Waals surface area contributed by atoms with E-state index in [1.165, 1.54) is 18.4 Å². The summed E-state index contributed by atoms with van der Waals surface area (Å²) in [5, 5.41) is 7.97. The van der Waals surface area contributed by atoms with Crippen molar-refractivity contribution in [1.29, 1.82) is 0 Å². The fraction of sp³-hybridized carbons (Fsp3) is 0.471. The maximum Gasteiger partial charge on any atom is 0.130 e. The number of benzene rings is 1. The molecule has 0 radical (unpaired) electrons. The maximum absolute atomic E-state index is 5.91. The van der Waals surface area contributed by atoms with Crippen molar-refractivity contribution in [2.75, 3.05) is 0 Å². The summed E-state index contributed by atoms with van der Waals surface area (Å²) in [6.07, 6.45) is 3.59. The van der Waals surface area contributed by atoms with Crippen LogP contribution in [0.4, 0.5) is 0 Å². The highest BCUT2D eigenvalue weighted by Gasteiger charge is 2.19. The Morgan fingerprint density at radius 1 is 1.33 bits per heavy atom. The van der Waals surface area contributed by atoms with E-state index >= 15 is 0 Å². The summed E-state index contributed by atoms with van der Waals surface area (Å²) >= 11 is 0. The zero-order chi connectivity index (χ0) is 14.7. The first-order chi connectivity index (χ1) is 10.2. The van der Waals surface area contributed by atoms with Crippen molar-refractivity contribution in [1.82, 2.24) is 15.1 Å². The van der Waals surface area contributed by atoms with Gasteiger partial charge in [-0.15, -0.1) is 0 Å². The summed E-state index contributed by atoms with van der Waals surface area (Å²) in [5.74, 6) is 0.921. The van der Waals surface area contributed by atoms with Crippen molar-refractivity contribution in [3.05, 3.63) is 47.3 Å². The lowest BCUT2D eigenvalue weighted by Gasteiger charge is -2.09. The van der Waals surface area contributed by atoms with E-state index < -0.39 is 0 Å². The Labute approximate surface area is 126 Å². The fourth-order valence-electron chi connectivity index (χ4n) is 2.33. The van der Waals surface area contributed by atoms with Crippen molar-refractivity contribution in [2.45, 2.75) is 45.4 Å². The summed E-state index contributed by atoms with van der Waals surface area (Å²) < 4.78 is 7.81. The van der Waals surface area contributed by atoms with Crippen LogP contribution in [0.3, 0.4) is 0 Å². The van der Waals surface area contributed by atoms with E-state index in [1.54, 1.807) is 0 Å². The topological polar surface area (TPSA) is 39.1 Å². The van der Waals surface area contributed by atoms with Crippen LogP contribution >= 0.6 is 0 Å². The molecule has 2 aromatic rings. The Balaban J connectivity index is 1.58. The third-order valence-electron chi connectivity index (χ3n) is 3.85. The average Bonchev–Trinajstić information content (AvgIpc) is 3.26. The van der Waals surface area contributed by atoms with Gasteiger partial charge in [0.05, 0.1) is 11.4 Å². The Bertz CT molecular complexity index is 602. The number of nitrogens with zero attached hydrogens (tertiary/aromatic N) is 2. The predicted octanol–water partition coefficient (Wildman–Crippen LogP) is 2.81. The Hall–Kier alpha value is -1.81. The lowest BCUT2D eigenvalue weighted by molar-refractivity contribution is 0.294. The normalized spacial score (nSPS) is 14.4. The Morgan fingerprint density at radius 3 is 2.90 bits per heavy atom. The van der Waals surface area contributed by atoms with Crippen molar-refractivity contribution < 1.29 is 4.74 Å². The molecule has 1 aliphatic carbocycles. The molecule has 0 saturated heterocycles. The van der Waals surface area contributed by atoms with Gasteiger partial charge in [-0.2, -0.15) is 5.10 Å². The third kappa shape index (κ3) is 3.85. The molecule has 1 fully saturated rings. The van der Waals surface area contributed by atoms with E-state index in [9.17, 15) is 0 Å². The van der Waals surface area contributed by atoms with Gasteiger partial charge >= 0.3 is 0 Å².